The molecule has 0 fully saturated rings. The maximum atomic E-state index is 12.4. The van der Waals surface area contributed by atoms with Crippen molar-refractivity contribution in [2.45, 2.75) is 19.6 Å². The van der Waals surface area contributed by atoms with Crippen LogP contribution in [0.1, 0.15) is 18.1 Å². The fourth-order valence-electron chi connectivity index (χ4n) is 2.62. The molecule has 6 nitrogen and oxygen atoms in total. The third-order valence-corrected chi connectivity index (χ3v) is 4.12. The number of rotatable bonds is 8. The predicted octanol–water partition coefficient (Wildman–Crippen LogP) is 3.31. The summed E-state index contributed by atoms with van der Waals surface area (Å²) in [6.07, 6.45) is 1.96. The number of hydrogen-bond acceptors (Lipinski definition) is 5. The van der Waals surface area contributed by atoms with Crippen LogP contribution < -0.4 is 9.47 Å². The molecule has 0 aliphatic carbocycles. The van der Waals surface area contributed by atoms with Gasteiger partial charge in [-0.05, 0) is 30.7 Å². The summed E-state index contributed by atoms with van der Waals surface area (Å²) >= 11 is 0. The van der Waals surface area contributed by atoms with Gasteiger partial charge in [-0.15, -0.1) is 0 Å². The number of esters is 1. The van der Waals surface area contributed by atoms with Gasteiger partial charge in [-0.3, -0.25) is 4.79 Å². The summed E-state index contributed by atoms with van der Waals surface area (Å²) < 4.78 is 15.7. The van der Waals surface area contributed by atoms with E-state index in [0.29, 0.717) is 23.6 Å². The van der Waals surface area contributed by atoms with Gasteiger partial charge in [0.2, 0.25) is 0 Å². The number of amides is 1. The Morgan fingerprint density at radius 2 is 1.79 bits per heavy atom. The van der Waals surface area contributed by atoms with Crippen LogP contribution in [0.2, 0.25) is 0 Å². The van der Waals surface area contributed by atoms with Crippen LogP contribution in [0, 0.1) is 0 Å². The van der Waals surface area contributed by atoms with E-state index in [-0.39, 0.29) is 5.91 Å². The van der Waals surface area contributed by atoms with Gasteiger partial charge in [0.05, 0.1) is 14.2 Å². The summed E-state index contributed by atoms with van der Waals surface area (Å²) in [7, 11) is 4.78. The Bertz CT molecular complexity index is 832. The van der Waals surface area contributed by atoms with Crippen molar-refractivity contribution in [1.82, 2.24) is 4.90 Å². The lowest BCUT2D eigenvalue weighted by molar-refractivity contribution is -0.154. The van der Waals surface area contributed by atoms with Crippen molar-refractivity contribution < 1.29 is 23.8 Å². The summed E-state index contributed by atoms with van der Waals surface area (Å²) in [5, 5.41) is 0. The highest BCUT2D eigenvalue weighted by atomic mass is 16.5. The van der Waals surface area contributed by atoms with E-state index in [1.165, 1.54) is 18.1 Å². The zero-order valence-corrected chi connectivity index (χ0v) is 16.5. The molecule has 0 spiro atoms. The Labute approximate surface area is 165 Å². The van der Waals surface area contributed by atoms with Crippen molar-refractivity contribution in [2.24, 2.45) is 0 Å². The molecule has 0 aromatic heterocycles. The van der Waals surface area contributed by atoms with Gasteiger partial charge in [-0.2, -0.15) is 0 Å². The average molecular weight is 383 g/mol. The van der Waals surface area contributed by atoms with Crippen LogP contribution in [-0.2, 0) is 20.9 Å². The number of methoxy groups -OCH3 is 2. The minimum Gasteiger partial charge on any atom is -0.497 e. The summed E-state index contributed by atoms with van der Waals surface area (Å²) in [5.41, 5.74) is 1.70. The molecule has 0 aliphatic heterocycles. The molecule has 0 saturated heterocycles. The second-order valence-corrected chi connectivity index (χ2v) is 6.20. The van der Waals surface area contributed by atoms with Crippen LogP contribution >= 0.6 is 0 Å². The molecule has 6 heteroatoms. The van der Waals surface area contributed by atoms with Gasteiger partial charge < -0.3 is 19.1 Å². The lowest BCUT2D eigenvalue weighted by Gasteiger charge is -2.21. The molecule has 148 valence electrons. The monoisotopic (exact) mass is 383 g/mol. The molecular weight excluding hydrogens is 358 g/mol. The lowest BCUT2D eigenvalue weighted by Crippen LogP contribution is -2.36. The maximum absolute atomic E-state index is 12.4. The Hall–Kier alpha value is -3.28. The van der Waals surface area contributed by atoms with E-state index in [2.05, 4.69) is 0 Å². The molecule has 0 saturated carbocycles. The molecule has 28 heavy (non-hydrogen) atoms. The molecule has 0 N–H and O–H groups in total. The van der Waals surface area contributed by atoms with Crippen molar-refractivity contribution >= 4 is 18.0 Å². The number of carbonyl (C=O) groups excluding carboxylic acids is 2. The normalized spacial score (nSPS) is 11.7. The molecule has 0 unspecified atom stereocenters. The largest absolute Gasteiger partial charge is 0.497 e. The Morgan fingerprint density at radius 1 is 1.07 bits per heavy atom. The van der Waals surface area contributed by atoms with Gasteiger partial charge >= 0.3 is 5.97 Å². The smallest absolute Gasteiger partial charge is 0.331 e. The molecule has 0 aliphatic rings. The van der Waals surface area contributed by atoms with E-state index in [4.69, 9.17) is 14.2 Å². The zero-order chi connectivity index (χ0) is 20.5. The summed E-state index contributed by atoms with van der Waals surface area (Å²) in [5.74, 6) is 0.340. The molecule has 1 atom stereocenters. The fraction of sp³-hybridized carbons (Fsp3) is 0.273. The molecule has 1 amide bonds. The van der Waals surface area contributed by atoms with Crippen molar-refractivity contribution in [3.8, 4) is 11.5 Å². The Kier molecular flexibility index (Phi) is 7.63. The minimum absolute atomic E-state index is 0.271. The van der Waals surface area contributed by atoms with Gasteiger partial charge in [0.15, 0.2) is 6.10 Å². The topological polar surface area (TPSA) is 65.1 Å². The molecular formula is C22H25NO5. The minimum atomic E-state index is -0.886. The molecule has 0 heterocycles. The fourth-order valence-corrected chi connectivity index (χ4v) is 2.62. The molecule has 0 bridgehead atoms. The highest BCUT2D eigenvalue weighted by molar-refractivity contribution is 5.90. The molecule has 2 rings (SSSR count). The second-order valence-electron chi connectivity index (χ2n) is 6.20. The van der Waals surface area contributed by atoms with Crippen LogP contribution in [0.4, 0.5) is 0 Å². The molecule has 0 radical (unpaired) electrons. The molecule has 2 aromatic rings. The van der Waals surface area contributed by atoms with Gasteiger partial charge in [-0.1, -0.05) is 30.3 Å². The van der Waals surface area contributed by atoms with Crippen molar-refractivity contribution in [2.75, 3.05) is 21.3 Å². The van der Waals surface area contributed by atoms with Crippen LogP contribution in [0.5, 0.6) is 11.5 Å². The maximum Gasteiger partial charge on any atom is 0.331 e. The van der Waals surface area contributed by atoms with E-state index in [9.17, 15) is 9.59 Å². The quantitative estimate of drug-likeness (QED) is 0.517. The molecule has 2 aromatic carbocycles. The van der Waals surface area contributed by atoms with E-state index in [1.807, 2.05) is 30.3 Å². The number of hydrogen-bond donors (Lipinski definition) is 0. The van der Waals surface area contributed by atoms with Crippen molar-refractivity contribution in [3.63, 3.8) is 0 Å². The van der Waals surface area contributed by atoms with Gasteiger partial charge in [0, 0.05) is 31.3 Å². The third-order valence-electron chi connectivity index (χ3n) is 4.12. The SMILES string of the molecule is COc1ccc(/C=C/C(=O)O[C@H](C)C(=O)N(C)Cc2ccccc2)c(OC)c1. The van der Waals surface area contributed by atoms with Crippen molar-refractivity contribution in [3.05, 3.63) is 65.7 Å². The summed E-state index contributed by atoms with van der Waals surface area (Å²) in [4.78, 5) is 26.0. The van der Waals surface area contributed by atoms with E-state index >= 15 is 0 Å². The van der Waals surface area contributed by atoms with Gasteiger partial charge in [0.25, 0.3) is 5.91 Å². The number of benzene rings is 2. The number of carbonyl (C=O) groups is 2. The Balaban J connectivity index is 1.94. The number of ether oxygens (including phenoxy) is 3. The predicted molar refractivity (Wildman–Crippen MR) is 107 cm³/mol. The first-order chi connectivity index (χ1) is 13.4. The zero-order valence-electron chi connectivity index (χ0n) is 16.5. The van der Waals surface area contributed by atoms with Gasteiger partial charge in [-0.25, -0.2) is 4.79 Å². The lowest BCUT2D eigenvalue weighted by atomic mass is 10.1. The van der Waals surface area contributed by atoms with E-state index in [0.717, 1.165) is 5.56 Å². The highest BCUT2D eigenvalue weighted by Crippen LogP contribution is 2.25. The highest BCUT2D eigenvalue weighted by Gasteiger charge is 2.20. The standard InChI is InChI=1S/C22H25NO5/c1-16(22(25)23(2)15-17-8-6-5-7-9-17)28-21(24)13-11-18-10-12-19(26-3)14-20(18)27-4/h5-14,16H,15H2,1-4H3/b13-11+/t16-/m1/s1. The van der Waals surface area contributed by atoms with Crippen LogP contribution in [0.25, 0.3) is 6.08 Å². The average Bonchev–Trinajstić information content (AvgIpc) is 2.72. The Morgan fingerprint density at radius 3 is 2.43 bits per heavy atom. The second kappa shape index (κ2) is 10.2. The van der Waals surface area contributed by atoms with Crippen LogP contribution in [0.15, 0.2) is 54.6 Å². The van der Waals surface area contributed by atoms with E-state index < -0.39 is 12.1 Å². The summed E-state index contributed by atoms with van der Waals surface area (Å²) in [6.45, 7) is 2.00. The van der Waals surface area contributed by atoms with Crippen LogP contribution in [0.3, 0.4) is 0 Å². The number of likely N-dealkylation sites (N-methyl/N-ethyl adjacent to an activating group) is 1. The van der Waals surface area contributed by atoms with Crippen molar-refractivity contribution in [1.29, 1.82) is 0 Å². The van der Waals surface area contributed by atoms with Crippen LogP contribution in [-0.4, -0.2) is 44.1 Å². The van der Waals surface area contributed by atoms with E-state index in [1.54, 1.807) is 45.4 Å². The first-order valence-electron chi connectivity index (χ1n) is 8.84. The third kappa shape index (κ3) is 5.87. The number of nitrogens with zero attached hydrogens (tertiary/aromatic N) is 1. The first kappa shape index (κ1) is 21.0. The summed E-state index contributed by atoms with van der Waals surface area (Å²) in [6, 6.07) is 14.9. The van der Waals surface area contributed by atoms with Gasteiger partial charge in [0.1, 0.15) is 11.5 Å². The first-order valence-corrected chi connectivity index (χ1v) is 8.84.